The summed E-state index contributed by atoms with van der Waals surface area (Å²) in [4.78, 5) is 12.0. The van der Waals surface area contributed by atoms with Crippen LogP contribution in [-0.2, 0) is 19.0 Å². The molecule has 7 heteroatoms. The monoisotopic (exact) mass is 370 g/mol. The summed E-state index contributed by atoms with van der Waals surface area (Å²) in [5.41, 5.74) is -0.0496. The molecular weight excluding hydrogens is 344 g/mol. The molecule has 0 radical (unpaired) electrons. The van der Waals surface area contributed by atoms with Crippen LogP contribution in [-0.4, -0.2) is 38.5 Å². The van der Waals surface area contributed by atoms with Crippen LogP contribution in [0.25, 0.3) is 0 Å². The van der Waals surface area contributed by atoms with Crippen LogP contribution in [0.15, 0.2) is 24.3 Å². The third-order valence-corrected chi connectivity index (χ3v) is 4.35. The highest BCUT2D eigenvalue weighted by atomic mass is 32.2. The molecule has 140 valence electrons. The predicted octanol–water partition coefficient (Wildman–Crippen LogP) is 3.31. The number of esters is 1. The average molecular weight is 370 g/mol. The standard InChI is InChI=1S/C18H26O6S/c1-18(2,3)23-17(19)13-5-7-14(8-6-13)22-15-9-11-16(12-10-15)24-25(4,20)21/h5-8,15-16H,9-12H2,1-4H3/t15-,16+. The van der Waals surface area contributed by atoms with E-state index in [0.29, 0.717) is 24.2 Å². The van der Waals surface area contributed by atoms with Crippen molar-refractivity contribution in [1.29, 1.82) is 0 Å². The van der Waals surface area contributed by atoms with Crippen molar-refractivity contribution in [3.8, 4) is 5.75 Å². The van der Waals surface area contributed by atoms with Gasteiger partial charge < -0.3 is 9.47 Å². The smallest absolute Gasteiger partial charge is 0.338 e. The molecule has 1 aliphatic carbocycles. The molecule has 0 bridgehead atoms. The van der Waals surface area contributed by atoms with E-state index in [1.54, 1.807) is 24.3 Å². The molecular formula is C18H26O6S. The Morgan fingerprint density at radius 1 is 1.00 bits per heavy atom. The summed E-state index contributed by atoms with van der Waals surface area (Å²) >= 11 is 0. The third-order valence-electron chi connectivity index (χ3n) is 3.72. The summed E-state index contributed by atoms with van der Waals surface area (Å²) in [7, 11) is -3.41. The van der Waals surface area contributed by atoms with Crippen molar-refractivity contribution in [3.05, 3.63) is 29.8 Å². The van der Waals surface area contributed by atoms with Crippen molar-refractivity contribution in [2.45, 2.75) is 64.3 Å². The molecule has 0 saturated heterocycles. The zero-order chi connectivity index (χ0) is 18.7. The van der Waals surface area contributed by atoms with E-state index in [2.05, 4.69) is 0 Å². The number of rotatable bonds is 5. The maximum absolute atomic E-state index is 12.0. The summed E-state index contributed by atoms with van der Waals surface area (Å²) in [6.07, 6.45) is 3.59. The first-order chi connectivity index (χ1) is 11.5. The Balaban J connectivity index is 1.85. The highest BCUT2D eigenvalue weighted by Gasteiger charge is 2.25. The Bertz CT molecular complexity index is 679. The Hall–Kier alpha value is -1.60. The van der Waals surface area contributed by atoms with Crippen molar-refractivity contribution in [1.82, 2.24) is 0 Å². The van der Waals surface area contributed by atoms with E-state index in [1.165, 1.54) is 0 Å². The fourth-order valence-electron chi connectivity index (χ4n) is 2.69. The quantitative estimate of drug-likeness (QED) is 0.584. The zero-order valence-electron chi connectivity index (χ0n) is 15.2. The maximum atomic E-state index is 12.0. The predicted molar refractivity (Wildman–Crippen MR) is 94.2 cm³/mol. The fraction of sp³-hybridized carbons (Fsp3) is 0.611. The van der Waals surface area contributed by atoms with Gasteiger partial charge in [0.25, 0.3) is 10.1 Å². The Morgan fingerprint density at radius 2 is 1.52 bits per heavy atom. The molecule has 1 fully saturated rings. The molecule has 0 amide bonds. The minimum Gasteiger partial charge on any atom is -0.490 e. The summed E-state index contributed by atoms with van der Waals surface area (Å²) in [5.74, 6) is 0.317. The molecule has 0 aliphatic heterocycles. The molecule has 0 heterocycles. The van der Waals surface area contributed by atoms with Crippen LogP contribution in [0.3, 0.4) is 0 Å². The lowest BCUT2D eigenvalue weighted by atomic mass is 9.95. The lowest BCUT2D eigenvalue weighted by molar-refractivity contribution is 0.00693. The van der Waals surface area contributed by atoms with Gasteiger partial charge in [-0.15, -0.1) is 0 Å². The second-order valence-corrected chi connectivity index (χ2v) is 8.94. The third kappa shape index (κ3) is 7.04. The molecule has 1 aromatic carbocycles. The zero-order valence-corrected chi connectivity index (χ0v) is 16.0. The summed E-state index contributed by atoms with van der Waals surface area (Å²) in [6.45, 7) is 5.48. The molecule has 0 atom stereocenters. The van der Waals surface area contributed by atoms with Gasteiger partial charge >= 0.3 is 5.97 Å². The van der Waals surface area contributed by atoms with E-state index < -0.39 is 15.7 Å². The van der Waals surface area contributed by atoms with Crippen molar-refractivity contribution in [2.75, 3.05) is 6.26 Å². The van der Waals surface area contributed by atoms with Gasteiger partial charge in [0.05, 0.1) is 24.0 Å². The molecule has 1 aromatic rings. The molecule has 0 aromatic heterocycles. The molecule has 6 nitrogen and oxygen atoms in total. The van der Waals surface area contributed by atoms with Gasteiger partial charge in [-0.2, -0.15) is 8.42 Å². The molecule has 0 spiro atoms. The Morgan fingerprint density at radius 3 is 2.00 bits per heavy atom. The van der Waals surface area contributed by atoms with E-state index in [9.17, 15) is 13.2 Å². The lowest BCUT2D eigenvalue weighted by Gasteiger charge is -2.28. The summed E-state index contributed by atoms with van der Waals surface area (Å²) < 4.78 is 38.6. The minimum atomic E-state index is -3.41. The first-order valence-electron chi connectivity index (χ1n) is 8.40. The van der Waals surface area contributed by atoms with E-state index >= 15 is 0 Å². The number of carbonyl (C=O) groups is 1. The van der Waals surface area contributed by atoms with Crippen LogP contribution in [0, 0.1) is 0 Å². The number of ether oxygens (including phenoxy) is 2. The average Bonchev–Trinajstić information content (AvgIpc) is 2.47. The second kappa shape index (κ2) is 7.74. The molecule has 2 rings (SSSR count). The highest BCUT2D eigenvalue weighted by Crippen LogP contribution is 2.26. The SMILES string of the molecule is CC(C)(C)OC(=O)c1ccc(O[C@H]2CC[C@@H](OS(C)(=O)=O)CC2)cc1. The van der Waals surface area contributed by atoms with Crippen molar-refractivity contribution in [2.24, 2.45) is 0 Å². The van der Waals surface area contributed by atoms with E-state index in [0.717, 1.165) is 19.1 Å². The topological polar surface area (TPSA) is 78.9 Å². The van der Waals surface area contributed by atoms with Gasteiger partial charge in [0.2, 0.25) is 0 Å². The number of hydrogen-bond acceptors (Lipinski definition) is 6. The fourth-order valence-corrected chi connectivity index (χ4v) is 3.38. The van der Waals surface area contributed by atoms with Crippen LogP contribution in [0.2, 0.25) is 0 Å². The first-order valence-corrected chi connectivity index (χ1v) is 10.2. The number of carbonyl (C=O) groups excluding carboxylic acids is 1. The largest absolute Gasteiger partial charge is 0.490 e. The van der Waals surface area contributed by atoms with Crippen molar-refractivity contribution >= 4 is 16.1 Å². The summed E-state index contributed by atoms with van der Waals surface area (Å²) in [6, 6.07) is 6.86. The van der Waals surface area contributed by atoms with E-state index in [1.807, 2.05) is 20.8 Å². The molecule has 1 aliphatic rings. The van der Waals surface area contributed by atoms with Gasteiger partial charge in [-0.3, -0.25) is 4.18 Å². The van der Waals surface area contributed by atoms with Gasteiger partial charge in [-0.1, -0.05) is 0 Å². The van der Waals surface area contributed by atoms with Crippen molar-refractivity contribution in [3.63, 3.8) is 0 Å². The molecule has 25 heavy (non-hydrogen) atoms. The van der Waals surface area contributed by atoms with Gasteiger partial charge in [0.1, 0.15) is 11.4 Å². The van der Waals surface area contributed by atoms with Crippen LogP contribution < -0.4 is 4.74 Å². The molecule has 0 N–H and O–H groups in total. The molecule has 0 unspecified atom stereocenters. The van der Waals surface area contributed by atoms with Crippen LogP contribution >= 0.6 is 0 Å². The summed E-state index contributed by atoms with van der Waals surface area (Å²) in [5, 5.41) is 0. The number of hydrogen-bond donors (Lipinski definition) is 0. The van der Waals surface area contributed by atoms with Gasteiger partial charge in [-0.25, -0.2) is 4.79 Å². The normalized spacial score (nSPS) is 21.6. The molecule has 1 saturated carbocycles. The van der Waals surface area contributed by atoms with E-state index in [-0.39, 0.29) is 18.2 Å². The first kappa shape index (κ1) is 19.7. The Labute approximate surface area is 149 Å². The second-order valence-electron chi connectivity index (χ2n) is 7.34. The van der Waals surface area contributed by atoms with Crippen molar-refractivity contribution < 1.29 is 26.9 Å². The Kier molecular flexibility index (Phi) is 6.11. The van der Waals surface area contributed by atoms with Crippen LogP contribution in [0.5, 0.6) is 5.75 Å². The van der Waals surface area contributed by atoms with Crippen LogP contribution in [0.1, 0.15) is 56.8 Å². The van der Waals surface area contributed by atoms with E-state index in [4.69, 9.17) is 13.7 Å². The van der Waals surface area contributed by atoms with Gasteiger partial charge in [-0.05, 0) is 70.7 Å². The minimum absolute atomic E-state index is 0.0202. The maximum Gasteiger partial charge on any atom is 0.338 e. The van der Waals surface area contributed by atoms with Gasteiger partial charge in [0, 0.05) is 0 Å². The lowest BCUT2D eigenvalue weighted by Crippen LogP contribution is -2.29. The number of benzene rings is 1. The highest BCUT2D eigenvalue weighted by molar-refractivity contribution is 7.86. The van der Waals surface area contributed by atoms with Crippen LogP contribution in [0.4, 0.5) is 0 Å². The van der Waals surface area contributed by atoms with Gasteiger partial charge in [0.15, 0.2) is 0 Å².